The fourth-order valence-electron chi connectivity index (χ4n) is 1.94. The van der Waals surface area contributed by atoms with E-state index in [9.17, 15) is 4.79 Å². The van der Waals surface area contributed by atoms with E-state index in [2.05, 4.69) is 10.2 Å². The van der Waals surface area contributed by atoms with E-state index in [1.165, 1.54) is 0 Å². The number of nitrogens with one attached hydrogen (secondary N) is 1. The molecule has 1 amide bonds. The first kappa shape index (κ1) is 16.6. The number of piperazine rings is 1. The van der Waals surface area contributed by atoms with Gasteiger partial charge in [-0.1, -0.05) is 0 Å². The van der Waals surface area contributed by atoms with Crippen molar-refractivity contribution in [3.8, 4) is 0 Å². The largest absolute Gasteiger partial charge is 0.395 e. The summed E-state index contributed by atoms with van der Waals surface area (Å²) in [6.07, 6.45) is 1.55. The molecule has 1 aliphatic rings. The Morgan fingerprint density at radius 2 is 1.94 bits per heavy atom. The molecule has 0 atom stereocenters. The van der Waals surface area contributed by atoms with Gasteiger partial charge in [-0.25, -0.2) is 0 Å². The summed E-state index contributed by atoms with van der Waals surface area (Å²) in [7, 11) is 1.90. The van der Waals surface area contributed by atoms with Crippen LogP contribution in [0, 0.1) is 0 Å². The van der Waals surface area contributed by atoms with Crippen molar-refractivity contribution in [1.29, 1.82) is 0 Å². The van der Waals surface area contributed by atoms with E-state index >= 15 is 0 Å². The van der Waals surface area contributed by atoms with Crippen LogP contribution in [0.2, 0.25) is 0 Å². The van der Waals surface area contributed by atoms with Crippen molar-refractivity contribution in [2.24, 2.45) is 0 Å². The van der Waals surface area contributed by atoms with Gasteiger partial charge in [0, 0.05) is 39.1 Å². The zero-order valence-corrected chi connectivity index (χ0v) is 11.3. The summed E-state index contributed by atoms with van der Waals surface area (Å²) in [5.41, 5.74) is 0. The van der Waals surface area contributed by atoms with Crippen LogP contribution in [0.3, 0.4) is 0 Å². The van der Waals surface area contributed by atoms with Gasteiger partial charge in [0.15, 0.2) is 0 Å². The molecule has 1 saturated heterocycles. The highest BCUT2D eigenvalue weighted by Gasteiger charge is 2.19. The van der Waals surface area contributed by atoms with E-state index in [-0.39, 0.29) is 24.9 Å². The standard InChI is InChI=1S/C11H23N3O2.ClH/c1-12-4-2-3-11(16)14-7-5-13(6-8-14)9-10-15;/h12,15H,2-10H2,1H3;1H. The molecule has 0 aliphatic carbocycles. The second-order valence-electron chi connectivity index (χ2n) is 4.15. The normalized spacial score (nSPS) is 16.7. The van der Waals surface area contributed by atoms with Gasteiger partial charge >= 0.3 is 0 Å². The predicted octanol–water partition coefficient (Wildman–Crippen LogP) is -0.456. The van der Waals surface area contributed by atoms with Gasteiger partial charge in [-0.05, 0) is 20.0 Å². The second-order valence-corrected chi connectivity index (χ2v) is 4.15. The lowest BCUT2D eigenvalue weighted by Crippen LogP contribution is -2.49. The third-order valence-corrected chi connectivity index (χ3v) is 2.96. The van der Waals surface area contributed by atoms with E-state index in [4.69, 9.17) is 5.11 Å². The molecule has 0 aromatic heterocycles. The molecule has 1 fully saturated rings. The highest BCUT2D eigenvalue weighted by atomic mass is 35.5. The molecular formula is C11H24ClN3O2. The first-order valence-electron chi connectivity index (χ1n) is 6.03. The maximum Gasteiger partial charge on any atom is 0.222 e. The minimum atomic E-state index is 0. The number of carbonyl (C=O) groups excluding carboxylic acids is 1. The summed E-state index contributed by atoms with van der Waals surface area (Å²) < 4.78 is 0. The SMILES string of the molecule is CNCCCC(=O)N1CCN(CCO)CC1.Cl. The van der Waals surface area contributed by atoms with Crippen molar-refractivity contribution in [2.45, 2.75) is 12.8 Å². The van der Waals surface area contributed by atoms with E-state index < -0.39 is 0 Å². The number of nitrogens with zero attached hydrogens (tertiary/aromatic N) is 2. The molecule has 6 heteroatoms. The number of hydrogen-bond acceptors (Lipinski definition) is 4. The number of β-amino-alcohol motifs (C(OH)–C–C–N with tert-alkyl or cyclic N) is 1. The minimum Gasteiger partial charge on any atom is -0.395 e. The molecular weight excluding hydrogens is 242 g/mol. The number of halogens is 1. The van der Waals surface area contributed by atoms with Crippen molar-refractivity contribution >= 4 is 18.3 Å². The summed E-state index contributed by atoms with van der Waals surface area (Å²) >= 11 is 0. The highest BCUT2D eigenvalue weighted by molar-refractivity contribution is 5.85. The molecule has 0 radical (unpaired) electrons. The quantitative estimate of drug-likeness (QED) is 0.639. The Morgan fingerprint density at radius 1 is 1.29 bits per heavy atom. The van der Waals surface area contributed by atoms with Crippen molar-refractivity contribution in [2.75, 3.05) is 52.9 Å². The Kier molecular flexibility index (Phi) is 9.44. The van der Waals surface area contributed by atoms with Crippen LogP contribution in [0.5, 0.6) is 0 Å². The third-order valence-electron chi connectivity index (χ3n) is 2.96. The van der Waals surface area contributed by atoms with Crippen LogP contribution in [0.15, 0.2) is 0 Å². The van der Waals surface area contributed by atoms with Crippen LogP contribution in [-0.2, 0) is 4.79 Å². The lowest BCUT2D eigenvalue weighted by atomic mass is 10.2. The predicted molar refractivity (Wildman–Crippen MR) is 70.5 cm³/mol. The average molecular weight is 266 g/mol. The van der Waals surface area contributed by atoms with E-state index in [0.717, 1.165) is 45.7 Å². The van der Waals surface area contributed by atoms with Gasteiger partial charge < -0.3 is 15.3 Å². The molecule has 0 aromatic carbocycles. The van der Waals surface area contributed by atoms with Gasteiger partial charge in [0.25, 0.3) is 0 Å². The zero-order chi connectivity index (χ0) is 11.8. The lowest BCUT2D eigenvalue weighted by molar-refractivity contribution is -0.133. The number of rotatable bonds is 6. The van der Waals surface area contributed by atoms with Gasteiger partial charge in [0.05, 0.1) is 6.61 Å². The summed E-state index contributed by atoms with van der Waals surface area (Å²) in [4.78, 5) is 15.9. The van der Waals surface area contributed by atoms with Gasteiger partial charge in [-0.15, -0.1) is 12.4 Å². The fraction of sp³-hybridized carbons (Fsp3) is 0.909. The Labute approximate surface area is 110 Å². The van der Waals surface area contributed by atoms with Crippen LogP contribution >= 0.6 is 12.4 Å². The topological polar surface area (TPSA) is 55.8 Å². The summed E-state index contributed by atoms with van der Waals surface area (Å²) in [6, 6.07) is 0. The van der Waals surface area contributed by atoms with E-state index in [1.54, 1.807) is 0 Å². The van der Waals surface area contributed by atoms with E-state index in [1.807, 2.05) is 11.9 Å². The second kappa shape index (κ2) is 9.65. The van der Waals surface area contributed by atoms with Gasteiger partial charge in [0.1, 0.15) is 0 Å². The third kappa shape index (κ3) is 6.21. The van der Waals surface area contributed by atoms with Crippen molar-refractivity contribution in [1.82, 2.24) is 15.1 Å². The Morgan fingerprint density at radius 3 is 2.47 bits per heavy atom. The highest BCUT2D eigenvalue weighted by Crippen LogP contribution is 2.04. The summed E-state index contributed by atoms with van der Waals surface area (Å²) in [5, 5.41) is 11.9. The van der Waals surface area contributed by atoms with Crippen molar-refractivity contribution < 1.29 is 9.90 Å². The average Bonchev–Trinajstić information content (AvgIpc) is 2.30. The Hall–Kier alpha value is -0.360. The molecule has 1 heterocycles. The van der Waals surface area contributed by atoms with Crippen LogP contribution in [0.1, 0.15) is 12.8 Å². The number of aliphatic hydroxyl groups excluding tert-OH is 1. The number of hydrogen-bond donors (Lipinski definition) is 2. The smallest absolute Gasteiger partial charge is 0.222 e. The Balaban J connectivity index is 0.00000256. The Bertz CT molecular complexity index is 209. The molecule has 1 aliphatic heterocycles. The summed E-state index contributed by atoms with van der Waals surface area (Å²) in [6.45, 7) is 5.21. The number of aliphatic hydroxyl groups is 1. The molecule has 17 heavy (non-hydrogen) atoms. The van der Waals surface area contributed by atoms with Crippen molar-refractivity contribution in [3.05, 3.63) is 0 Å². The summed E-state index contributed by atoms with van der Waals surface area (Å²) in [5.74, 6) is 0.263. The number of amides is 1. The maximum atomic E-state index is 11.8. The first-order chi connectivity index (χ1) is 7.77. The molecule has 0 saturated carbocycles. The molecule has 0 bridgehead atoms. The molecule has 0 aromatic rings. The first-order valence-corrected chi connectivity index (χ1v) is 6.03. The molecule has 5 nitrogen and oxygen atoms in total. The monoisotopic (exact) mass is 265 g/mol. The van der Waals surface area contributed by atoms with Crippen molar-refractivity contribution in [3.63, 3.8) is 0 Å². The maximum absolute atomic E-state index is 11.8. The molecule has 2 N–H and O–H groups in total. The molecule has 0 spiro atoms. The molecule has 102 valence electrons. The van der Waals surface area contributed by atoms with Gasteiger partial charge in [0.2, 0.25) is 5.91 Å². The van der Waals surface area contributed by atoms with Crippen LogP contribution < -0.4 is 5.32 Å². The number of carbonyl (C=O) groups is 1. The fourth-order valence-corrected chi connectivity index (χ4v) is 1.94. The molecule has 0 unspecified atom stereocenters. The van der Waals surface area contributed by atoms with Crippen LogP contribution in [0.4, 0.5) is 0 Å². The van der Waals surface area contributed by atoms with Gasteiger partial charge in [-0.2, -0.15) is 0 Å². The lowest BCUT2D eigenvalue weighted by Gasteiger charge is -2.34. The minimum absolute atomic E-state index is 0. The van der Waals surface area contributed by atoms with Gasteiger partial charge in [-0.3, -0.25) is 9.69 Å². The molecule has 1 rings (SSSR count). The van der Waals surface area contributed by atoms with E-state index in [0.29, 0.717) is 6.42 Å². The van der Waals surface area contributed by atoms with Crippen LogP contribution in [0.25, 0.3) is 0 Å². The van der Waals surface area contributed by atoms with Crippen LogP contribution in [-0.4, -0.2) is 73.7 Å². The zero-order valence-electron chi connectivity index (χ0n) is 10.5.